The molecule has 0 saturated carbocycles. The van der Waals surface area contributed by atoms with Crippen LogP contribution in [0.25, 0.3) is 0 Å². The monoisotopic (exact) mass is 345 g/mol. The Balaban J connectivity index is 1.70. The summed E-state index contributed by atoms with van der Waals surface area (Å²) in [5.74, 6) is -0.0860. The van der Waals surface area contributed by atoms with Gasteiger partial charge in [0.2, 0.25) is 5.76 Å². The lowest BCUT2D eigenvalue weighted by Crippen LogP contribution is -2.39. The van der Waals surface area contributed by atoms with Gasteiger partial charge in [0.25, 0.3) is 11.8 Å². The van der Waals surface area contributed by atoms with Crippen molar-refractivity contribution in [2.75, 3.05) is 13.1 Å². The minimum atomic E-state index is -0.564. The average Bonchev–Trinajstić information content (AvgIpc) is 3.30. The summed E-state index contributed by atoms with van der Waals surface area (Å²) in [5.41, 5.74) is 7.08. The van der Waals surface area contributed by atoms with E-state index in [1.54, 1.807) is 17.0 Å². The molecule has 3 N–H and O–H groups in total. The number of hydrogen-bond donors (Lipinski definition) is 2. The van der Waals surface area contributed by atoms with Crippen LogP contribution in [0.4, 0.5) is 0 Å². The molecule has 134 valence electrons. The van der Waals surface area contributed by atoms with E-state index in [1.165, 1.54) is 0 Å². The van der Waals surface area contributed by atoms with Gasteiger partial charge in [0.15, 0.2) is 0 Å². The second-order valence-corrected chi connectivity index (χ2v) is 6.59. The maximum absolute atomic E-state index is 12.7. The van der Waals surface area contributed by atoms with Crippen LogP contribution in [0.1, 0.15) is 77.4 Å². The van der Waals surface area contributed by atoms with Gasteiger partial charge in [-0.15, -0.1) is 0 Å². The summed E-state index contributed by atoms with van der Waals surface area (Å²) < 4.78 is 5.26. The van der Waals surface area contributed by atoms with Gasteiger partial charge in [-0.05, 0) is 25.3 Å². The van der Waals surface area contributed by atoms with E-state index in [0.717, 1.165) is 30.7 Å². The first-order valence-corrected chi connectivity index (χ1v) is 8.60. The number of carbonyl (C=O) groups is 2. The van der Waals surface area contributed by atoms with Gasteiger partial charge in [0.05, 0.1) is 5.69 Å². The zero-order valence-electron chi connectivity index (χ0n) is 14.5. The Bertz CT molecular complexity index is 766. The largest absolute Gasteiger partial charge is 0.364 e. The maximum atomic E-state index is 12.7. The van der Waals surface area contributed by atoms with Gasteiger partial charge in [-0.2, -0.15) is 5.10 Å². The first kappa shape index (κ1) is 17.2. The molecule has 3 rings (SSSR count). The smallest absolute Gasteiger partial charge is 0.292 e. The van der Waals surface area contributed by atoms with Crippen molar-refractivity contribution in [3.63, 3.8) is 0 Å². The van der Waals surface area contributed by atoms with Crippen LogP contribution in [0, 0.1) is 0 Å². The van der Waals surface area contributed by atoms with Crippen LogP contribution < -0.4 is 5.73 Å². The summed E-state index contributed by atoms with van der Waals surface area (Å²) in [6.45, 7) is 5.34. The van der Waals surface area contributed by atoms with E-state index >= 15 is 0 Å². The first-order valence-electron chi connectivity index (χ1n) is 8.60. The van der Waals surface area contributed by atoms with E-state index in [2.05, 4.69) is 29.2 Å². The molecule has 1 saturated heterocycles. The highest BCUT2D eigenvalue weighted by Gasteiger charge is 2.29. The number of primary amides is 1. The summed E-state index contributed by atoms with van der Waals surface area (Å²) in [7, 11) is 0. The molecule has 0 radical (unpaired) electrons. The third kappa shape index (κ3) is 3.57. The van der Waals surface area contributed by atoms with E-state index in [1.807, 2.05) is 0 Å². The van der Waals surface area contributed by atoms with Crippen molar-refractivity contribution in [3.05, 3.63) is 35.0 Å². The normalized spacial score (nSPS) is 19.0. The third-order valence-electron chi connectivity index (χ3n) is 4.85. The van der Waals surface area contributed by atoms with Crippen LogP contribution in [0.2, 0.25) is 0 Å². The lowest BCUT2D eigenvalue weighted by molar-refractivity contribution is 0.0663. The van der Waals surface area contributed by atoms with Crippen LogP contribution >= 0.6 is 0 Å². The molecule has 0 spiro atoms. The average molecular weight is 345 g/mol. The maximum Gasteiger partial charge on any atom is 0.292 e. The second kappa shape index (κ2) is 7.08. The SMILES string of the molecule is CC[C@@H](C)c1cc(C(=O)N2CCC[C@@H](c3cc(C(N)=O)n[nH]3)C2)on1. The summed E-state index contributed by atoms with van der Waals surface area (Å²) >= 11 is 0. The Morgan fingerprint density at radius 1 is 1.48 bits per heavy atom. The molecule has 8 nitrogen and oxygen atoms in total. The van der Waals surface area contributed by atoms with Crippen molar-refractivity contribution in [1.29, 1.82) is 0 Å². The quantitative estimate of drug-likeness (QED) is 0.859. The van der Waals surface area contributed by atoms with Crippen molar-refractivity contribution in [2.24, 2.45) is 5.73 Å². The summed E-state index contributed by atoms with van der Waals surface area (Å²) in [5, 5.41) is 10.8. The molecule has 2 aromatic rings. The van der Waals surface area contributed by atoms with Crippen LogP contribution in [-0.4, -0.2) is 45.2 Å². The molecule has 0 unspecified atom stereocenters. The predicted molar refractivity (Wildman–Crippen MR) is 90.2 cm³/mol. The molecule has 1 aliphatic rings. The van der Waals surface area contributed by atoms with Crippen LogP contribution in [0.15, 0.2) is 16.7 Å². The van der Waals surface area contributed by atoms with E-state index in [4.69, 9.17) is 10.3 Å². The molecule has 1 fully saturated rings. The molecule has 1 aliphatic heterocycles. The van der Waals surface area contributed by atoms with Gasteiger partial charge in [-0.1, -0.05) is 19.0 Å². The van der Waals surface area contributed by atoms with Gasteiger partial charge in [0.1, 0.15) is 5.69 Å². The number of nitrogens with two attached hydrogens (primary N) is 1. The van der Waals surface area contributed by atoms with E-state index in [-0.39, 0.29) is 29.2 Å². The Morgan fingerprint density at radius 2 is 2.28 bits per heavy atom. The fourth-order valence-corrected chi connectivity index (χ4v) is 3.07. The number of rotatable bonds is 5. The number of aromatic amines is 1. The molecular formula is C17H23N5O3. The first-order chi connectivity index (χ1) is 12.0. The van der Waals surface area contributed by atoms with Crippen LogP contribution in [0.5, 0.6) is 0 Å². The molecule has 25 heavy (non-hydrogen) atoms. The Hall–Kier alpha value is -2.64. The molecule has 2 amide bonds. The van der Waals surface area contributed by atoms with Crippen molar-refractivity contribution >= 4 is 11.8 Å². The standard InChI is InChI=1S/C17H23N5O3/c1-3-10(2)12-8-15(25-21-12)17(24)22-6-4-5-11(9-22)13-7-14(16(18)23)20-19-13/h7-8,10-11H,3-6,9H2,1-2H3,(H2,18,23)(H,19,20)/t10-,11-/m1/s1. The highest BCUT2D eigenvalue weighted by molar-refractivity contribution is 5.92. The summed E-state index contributed by atoms with van der Waals surface area (Å²) in [6.07, 6.45) is 2.72. The summed E-state index contributed by atoms with van der Waals surface area (Å²) in [4.78, 5) is 25.7. The van der Waals surface area contributed by atoms with E-state index in [0.29, 0.717) is 13.1 Å². The molecule has 3 heterocycles. The van der Waals surface area contributed by atoms with Crippen molar-refractivity contribution in [3.8, 4) is 0 Å². The minimum absolute atomic E-state index is 0.0928. The zero-order chi connectivity index (χ0) is 18.0. The molecule has 8 heteroatoms. The van der Waals surface area contributed by atoms with Gasteiger partial charge in [-0.25, -0.2) is 0 Å². The lowest BCUT2D eigenvalue weighted by Gasteiger charge is -2.31. The second-order valence-electron chi connectivity index (χ2n) is 6.59. The number of nitrogens with one attached hydrogen (secondary N) is 1. The highest BCUT2D eigenvalue weighted by atomic mass is 16.5. The summed E-state index contributed by atoms with van der Waals surface area (Å²) in [6, 6.07) is 3.40. The van der Waals surface area contributed by atoms with Crippen LogP contribution in [-0.2, 0) is 0 Å². The van der Waals surface area contributed by atoms with E-state index < -0.39 is 5.91 Å². The van der Waals surface area contributed by atoms with Gasteiger partial charge >= 0.3 is 0 Å². The number of nitrogens with zero attached hydrogens (tertiary/aromatic N) is 3. The molecular weight excluding hydrogens is 322 g/mol. The van der Waals surface area contributed by atoms with Crippen LogP contribution in [0.3, 0.4) is 0 Å². The van der Waals surface area contributed by atoms with Crippen molar-refractivity contribution in [2.45, 2.75) is 44.9 Å². The van der Waals surface area contributed by atoms with Crippen molar-refractivity contribution in [1.82, 2.24) is 20.3 Å². The molecule has 0 bridgehead atoms. The predicted octanol–water partition coefficient (Wildman–Crippen LogP) is 2.03. The fraction of sp³-hybridized carbons (Fsp3) is 0.529. The van der Waals surface area contributed by atoms with Gasteiger partial charge < -0.3 is 15.2 Å². The third-order valence-corrected chi connectivity index (χ3v) is 4.85. The molecule has 0 aromatic carbocycles. The Labute approximate surface area is 145 Å². The molecule has 2 atom stereocenters. The van der Waals surface area contributed by atoms with Crippen molar-refractivity contribution < 1.29 is 14.1 Å². The number of hydrogen-bond acceptors (Lipinski definition) is 5. The number of piperidine rings is 1. The Morgan fingerprint density at radius 3 is 2.96 bits per heavy atom. The number of amides is 2. The molecule has 2 aromatic heterocycles. The minimum Gasteiger partial charge on any atom is -0.364 e. The van der Waals surface area contributed by atoms with Gasteiger partial charge in [-0.3, -0.25) is 14.7 Å². The fourth-order valence-electron chi connectivity index (χ4n) is 3.07. The van der Waals surface area contributed by atoms with E-state index in [9.17, 15) is 9.59 Å². The zero-order valence-corrected chi connectivity index (χ0v) is 14.5. The Kier molecular flexibility index (Phi) is 4.87. The van der Waals surface area contributed by atoms with Gasteiger partial charge in [0, 0.05) is 36.7 Å². The number of carbonyl (C=O) groups excluding carboxylic acids is 2. The molecule has 0 aliphatic carbocycles. The number of H-pyrrole nitrogens is 1. The highest BCUT2D eigenvalue weighted by Crippen LogP contribution is 2.27. The number of aromatic nitrogens is 3. The topological polar surface area (TPSA) is 118 Å². The number of likely N-dealkylation sites (tertiary alicyclic amines) is 1. The lowest BCUT2D eigenvalue weighted by atomic mass is 9.94.